The van der Waals surface area contributed by atoms with Crippen molar-refractivity contribution in [3.63, 3.8) is 0 Å². The third kappa shape index (κ3) is 6.64. The van der Waals surface area contributed by atoms with Crippen LogP contribution in [0.1, 0.15) is 28.8 Å². The number of nitrogens with zero attached hydrogens (tertiary/aromatic N) is 1. The SMILES string of the molecule is N=C(N)c1ccc(C(=O)N2CCCC(C(=O)NCC(NS(=O)(=O)c3ccccc3)C(=O)O)C2)cc1. The standard InChI is InChI=1S/C23H27N5O6S/c24-20(25)15-8-10-16(11-9-15)22(30)28-12-4-5-17(14-28)21(29)26-13-19(23(31)32)27-35(33,34)18-6-2-1-3-7-18/h1-3,6-11,17,19,27H,4-5,12-14H2,(H3,24,25)(H,26,29)(H,31,32). The number of carbonyl (C=O) groups is 3. The fourth-order valence-corrected chi connectivity index (χ4v) is 4.94. The Morgan fingerprint density at radius 2 is 1.71 bits per heavy atom. The Morgan fingerprint density at radius 1 is 1.09 bits per heavy atom. The van der Waals surface area contributed by atoms with Crippen LogP contribution in [0.15, 0.2) is 59.5 Å². The van der Waals surface area contributed by atoms with Crippen LogP contribution in [0.3, 0.4) is 0 Å². The fraction of sp³-hybridized carbons (Fsp3) is 0.304. The minimum absolute atomic E-state index is 0.0876. The number of nitrogens with one attached hydrogen (secondary N) is 3. The second kappa shape index (κ2) is 11.1. The topological polar surface area (TPSA) is 183 Å². The first-order valence-corrected chi connectivity index (χ1v) is 12.4. The molecule has 1 aliphatic rings. The molecule has 1 fully saturated rings. The summed E-state index contributed by atoms with van der Waals surface area (Å²) in [5.74, 6) is -2.83. The Hall–Kier alpha value is -3.77. The maximum absolute atomic E-state index is 12.9. The number of benzene rings is 2. The lowest BCUT2D eigenvalue weighted by Crippen LogP contribution is -2.51. The first-order chi connectivity index (χ1) is 16.6. The van der Waals surface area contributed by atoms with Gasteiger partial charge in [-0.1, -0.05) is 30.3 Å². The number of nitrogen functional groups attached to an aromatic ring is 1. The van der Waals surface area contributed by atoms with Gasteiger partial charge in [0.2, 0.25) is 15.9 Å². The summed E-state index contributed by atoms with van der Waals surface area (Å²) in [4.78, 5) is 38.6. The Bertz CT molecular complexity index is 1200. The largest absolute Gasteiger partial charge is 0.480 e. The van der Waals surface area contributed by atoms with Crippen molar-refractivity contribution in [2.75, 3.05) is 19.6 Å². The van der Waals surface area contributed by atoms with Crippen LogP contribution in [0.25, 0.3) is 0 Å². The lowest BCUT2D eigenvalue weighted by molar-refractivity contribution is -0.139. The summed E-state index contributed by atoms with van der Waals surface area (Å²) in [7, 11) is -4.09. The van der Waals surface area contributed by atoms with Crippen LogP contribution in [0.2, 0.25) is 0 Å². The van der Waals surface area contributed by atoms with Crippen molar-refractivity contribution in [2.24, 2.45) is 11.7 Å². The molecule has 12 heteroatoms. The average molecular weight is 502 g/mol. The van der Waals surface area contributed by atoms with Gasteiger partial charge in [-0.15, -0.1) is 0 Å². The number of sulfonamides is 1. The van der Waals surface area contributed by atoms with E-state index in [2.05, 4.69) is 10.0 Å². The Morgan fingerprint density at radius 3 is 2.31 bits per heavy atom. The normalized spacial score (nSPS) is 16.8. The van der Waals surface area contributed by atoms with Gasteiger partial charge >= 0.3 is 5.97 Å². The van der Waals surface area contributed by atoms with Gasteiger partial charge in [0.25, 0.3) is 5.91 Å². The van der Waals surface area contributed by atoms with Crippen LogP contribution >= 0.6 is 0 Å². The van der Waals surface area contributed by atoms with E-state index in [0.717, 1.165) is 0 Å². The number of carboxylic acid groups (broad SMARTS) is 1. The molecule has 3 rings (SSSR count). The van der Waals surface area contributed by atoms with Crippen molar-refractivity contribution in [2.45, 2.75) is 23.8 Å². The summed E-state index contributed by atoms with van der Waals surface area (Å²) in [5, 5.41) is 19.4. The number of aliphatic carboxylic acids is 1. The van der Waals surface area contributed by atoms with Crippen molar-refractivity contribution in [3.8, 4) is 0 Å². The molecule has 0 bridgehead atoms. The molecule has 0 aliphatic carbocycles. The van der Waals surface area contributed by atoms with E-state index < -0.39 is 40.4 Å². The molecule has 35 heavy (non-hydrogen) atoms. The zero-order valence-corrected chi connectivity index (χ0v) is 19.6. The maximum atomic E-state index is 12.9. The fourth-order valence-electron chi connectivity index (χ4n) is 3.73. The van der Waals surface area contributed by atoms with Gasteiger partial charge in [0.1, 0.15) is 11.9 Å². The summed E-state index contributed by atoms with van der Waals surface area (Å²) in [6, 6.07) is 12.1. The maximum Gasteiger partial charge on any atom is 0.323 e. The number of amides is 2. The molecule has 1 heterocycles. The minimum Gasteiger partial charge on any atom is -0.480 e. The molecule has 0 saturated carbocycles. The van der Waals surface area contributed by atoms with Crippen LogP contribution in [-0.2, 0) is 19.6 Å². The molecule has 1 saturated heterocycles. The highest BCUT2D eigenvalue weighted by Gasteiger charge is 2.31. The predicted octanol–water partition coefficient (Wildman–Crippen LogP) is 0.371. The van der Waals surface area contributed by atoms with E-state index in [0.29, 0.717) is 30.5 Å². The summed E-state index contributed by atoms with van der Waals surface area (Å²) in [6.07, 6.45) is 1.09. The Labute approximate surface area is 202 Å². The van der Waals surface area contributed by atoms with E-state index in [-0.39, 0.29) is 23.2 Å². The highest BCUT2D eigenvalue weighted by molar-refractivity contribution is 7.89. The highest BCUT2D eigenvalue weighted by Crippen LogP contribution is 2.19. The number of carbonyl (C=O) groups excluding carboxylic acids is 2. The molecule has 2 unspecified atom stereocenters. The number of likely N-dealkylation sites (tertiary alicyclic amines) is 1. The minimum atomic E-state index is -4.09. The first kappa shape index (κ1) is 25.8. The molecule has 2 aromatic rings. The summed E-state index contributed by atoms with van der Waals surface area (Å²) < 4.78 is 27.0. The average Bonchev–Trinajstić information content (AvgIpc) is 2.86. The second-order valence-corrected chi connectivity index (χ2v) is 9.87. The molecular formula is C23H27N5O6S. The van der Waals surface area contributed by atoms with Crippen LogP contribution < -0.4 is 15.8 Å². The first-order valence-electron chi connectivity index (χ1n) is 10.9. The van der Waals surface area contributed by atoms with E-state index in [1.165, 1.54) is 24.3 Å². The van der Waals surface area contributed by atoms with Gasteiger partial charge in [-0.05, 0) is 37.1 Å². The third-order valence-corrected chi connectivity index (χ3v) is 7.14. The number of hydrogen-bond acceptors (Lipinski definition) is 6. The van der Waals surface area contributed by atoms with Crippen LogP contribution in [0, 0.1) is 11.3 Å². The molecule has 0 aromatic heterocycles. The van der Waals surface area contributed by atoms with Gasteiger partial charge in [0.05, 0.1) is 10.8 Å². The highest BCUT2D eigenvalue weighted by atomic mass is 32.2. The molecule has 2 aromatic carbocycles. The molecular weight excluding hydrogens is 474 g/mol. The molecule has 0 spiro atoms. The van der Waals surface area contributed by atoms with Crippen LogP contribution in [0.5, 0.6) is 0 Å². The Kier molecular flexibility index (Phi) is 8.20. The van der Waals surface area contributed by atoms with Crippen LogP contribution in [0.4, 0.5) is 0 Å². The van der Waals surface area contributed by atoms with Gasteiger partial charge in [-0.3, -0.25) is 19.8 Å². The smallest absolute Gasteiger partial charge is 0.323 e. The van der Waals surface area contributed by atoms with Gasteiger partial charge in [-0.2, -0.15) is 4.72 Å². The van der Waals surface area contributed by atoms with E-state index in [9.17, 15) is 27.9 Å². The summed E-state index contributed by atoms with van der Waals surface area (Å²) in [6.45, 7) is 0.162. The van der Waals surface area contributed by atoms with Crippen molar-refractivity contribution in [1.82, 2.24) is 14.9 Å². The number of hydrogen-bond donors (Lipinski definition) is 5. The molecule has 11 nitrogen and oxygen atoms in total. The third-order valence-electron chi connectivity index (χ3n) is 5.65. The van der Waals surface area contributed by atoms with Crippen molar-refractivity contribution >= 4 is 33.6 Å². The Balaban J connectivity index is 1.59. The number of carboxylic acids is 1. The van der Waals surface area contributed by atoms with E-state index in [1.807, 2.05) is 0 Å². The van der Waals surface area contributed by atoms with E-state index in [4.69, 9.17) is 11.1 Å². The monoisotopic (exact) mass is 501 g/mol. The molecule has 186 valence electrons. The van der Waals surface area contributed by atoms with E-state index >= 15 is 0 Å². The summed E-state index contributed by atoms with van der Waals surface area (Å²) >= 11 is 0. The molecule has 1 aliphatic heterocycles. The van der Waals surface area contributed by atoms with Gasteiger partial charge < -0.3 is 21.1 Å². The van der Waals surface area contributed by atoms with Gasteiger partial charge in [0.15, 0.2) is 0 Å². The van der Waals surface area contributed by atoms with Crippen molar-refractivity contribution in [1.29, 1.82) is 5.41 Å². The summed E-state index contributed by atoms with van der Waals surface area (Å²) in [5.41, 5.74) is 6.33. The lowest BCUT2D eigenvalue weighted by Gasteiger charge is -2.32. The zero-order chi connectivity index (χ0) is 25.6. The van der Waals surface area contributed by atoms with Crippen molar-refractivity contribution in [3.05, 3.63) is 65.7 Å². The van der Waals surface area contributed by atoms with E-state index in [1.54, 1.807) is 35.2 Å². The lowest BCUT2D eigenvalue weighted by atomic mass is 9.96. The molecule has 6 N–H and O–H groups in total. The molecule has 0 radical (unpaired) electrons. The van der Waals surface area contributed by atoms with Crippen molar-refractivity contribution < 1.29 is 27.9 Å². The number of rotatable bonds is 9. The molecule has 2 amide bonds. The molecule has 2 atom stereocenters. The second-order valence-electron chi connectivity index (χ2n) is 8.15. The number of amidine groups is 1. The predicted molar refractivity (Wildman–Crippen MR) is 127 cm³/mol. The number of nitrogens with two attached hydrogens (primary N) is 1. The quantitative estimate of drug-likeness (QED) is 0.243. The number of piperidine rings is 1. The van der Waals surface area contributed by atoms with Gasteiger partial charge in [-0.25, -0.2) is 8.42 Å². The zero-order valence-electron chi connectivity index (χ0n) is 18.8. The van der Waals surface area contributed by atoms with Crippen LogP contribution in [-0.4, -0.2) is 67.7 Å². The van der Waals surface area contributed by atoms with Gasteiger partial charge in [0, 0.05) is 30.8 Å².